The maximum Gasteiger partial charge on any atom is 0.0475 e. The first-order chi connectivity index (χ1) is 8.52. The van der Waals surface area contributed by atoms with E-state index in [2.05, 4.69) is 56.4 Å². The van der Waals surface area contributed by atoms with E-state index in [1.807, 2.05) is 0 Å². The van der Waals surface area contributed by atoms with Gasteiger partial charge in [-0.15, -0.1) is 0 Å². The third-order valence-electron chi connectivity index (χ3n) is 3.79. The Morgan fingerprint density at radius 1 is 1.11 bits per heavy atom. The second kappa shape index (κ2) is 5.41. The van der Waals surface area contributed by atoms with Crippen molar-refractivity contribution in [2.75, 3.05) is 19.8 Å². The Labute approximate surface area is 111 Å². The van der Waals surface area contributed by atoms with E-state index < -0.39 is 0 Å². The van der Waals surface area contributed by atoms with Crippen LogP contribution in [0, 0.1) is 0 Å². The highest BCUT2D eigenvalue weighted by atomic mass is 16.5. The van der Waals surface area contributed by atoms with E-state index in [9.17, 15) is 0 Å². The molecule has 0 aliphatic carbocycles. The van der Waals surface area contributed by atoms with Gasteiger partial charge in [0.05, 0.1) is 0 Å². The first-order valence-corrected chi connectivity index (χ1v) is 6.90. The number of rotatable bonds is 3. The molecule has 1 aliphatic rings. The van der Waals surface area contributed by atoms with Gasteiger partial charge in [-0.3, -0.25) is 0 Å². The minimum absolute atomic E-state index is 0.167. The summed E-state index contributed by atoms with van der Waals surface area (Å²) in [5.41, 5.74) is 1.86. The van der Waals surface area contributed by atoms with Gasteiger partial charge in [-0.25, -0.2) is 0 Å². The summed E-state index contributed by atoms with van der Waals surface area (Å²) in [5.74, 6) is 0. The summed E-state index contributed by atoms with van der Waals surface area (Å²) >= 11 is 0. The van der Waals surface area contributed by atoms with Gasteiger partial charge in [0.2, 0.25) is 0 Å². The van der Waals surface area contributed by atoms with Crippen LogP contribution in [0.4, 0.5) is 0 Å². The second-order valence-corrected chi connectivity index (χ2v) is 6.36. The average Bonchev–Trinajstić information content (AvgIpc) is 2.38. The standard InChI is InChI=1S/C16H25NO/c1-15(2,3)17-13-16(9-11-18-12-10-16)14-7-5-4-6-8-14/h4-8,17H,9-13H2,1-3H3. The van der Waals surface area contributed by atoms with Crippen molar-refractivity contribution in [3.8, 4) is 0 Å². The van der Waals surface area contributed by atoms with Gasteiger partial charge in [0.25, 0.3) is 0 Å². The zero-order chi connectivity index (χ0) is 13.1. The topological polar surface area (TPSA) is 21.3 Å². The zero-order valence-electron chi connectivity index (χ0n) is 11.8. The molecular formula is C16H25NO. The molecule has 0 saturated carbocycles. The van der Waals surface area contributed by atoms with Crippen molar-refractivity contribution in [3.05, 3.63) is 35.9 Å². The van der Waals surface area contributed by atoms with Gasteiger partial charge in [-0.2, -0.15) is 0 Å². The smallest absolute Gasteiger partial charge is 0.0475 e. The number of hydrogen-bond donors (Lipinski definition) is 1. The number of ether oxygens (including phenoxy) is 1. The van der Waals surface area contributed by atoms with Crippen molar-refractivity contribution in [3.63, 3.8) is 0 Å². The Bertz CT molecular complexity index is 360. The summed E-state index contributed by atoms with van der Waals surface area (Å²) in [6.07, 6.45) is 2.22. The van der Waals surface area contributed by atoms with Crippen molar-refractivity contribution in [1.29, 1.82) is 0 Å². The van der Waals surface area contributed by atoms with Crippen LogP contribution in [0.5, 0.6) is 0 Å². The van der Waals surface area contributed by atoms with Crippen LogP contribution in [-0.4, -0.2) is 25.3 Å². The Hall–Kier alpha value is -0.860. The highest BCUT2D eigenvalue weighted by Crippen LogP contribution is 2.34. The van der Waals surface area contributed by atoms with Crippen LogP contribution < -0.4 is 5.32 Å². The first kappa shape index (κ1) is 13.6. The van der Waals surface area contributed by atoms with Crippen LogP contribution in [0.3, 0.4) is 0 Å². The molecule has 1 aromatic carbocycles. The molecule has 100 valence electrons. The van der Waals surface area contributed by atoms with E-state index in [1.165, 1.54) is 5.56 Å². The summed E-state index contributed by atoms with van der Waals surface area (Å²) in [5, 5.41) is 3.68. The number of nitrogens with one attached hydrogen (secondary N) is 1. The zero-order valence-corrected chi connectivity index (χ0v) is 11.8. The third kappa shape index (κ3) is 3.33. The van der Waals surface area contributed by atoms with E-state index in [-0.39, 0.29) is 11.0 Å². The fourth-order valence-corrected chi connectivity index (χ4v) is 2.56. The predicted molar refractivity (Wildman–Crippen MR) is 75.9 cm³/mol. The van der Waals surface area contributed by atoms with Crippen LogP contribution in [-0.2, 0) is 10.2 Å². The third-order valence-corrected chi connectivity index (χ3v) is 3.79. The van der Waals surface area contributed by atoms with Crippen molar-refractivity contribution in [2.45, 2.75) is 44.6 Å². The van der Waals surface area contributed by atoms with E-state index >= 15 is 0 Å². The maximum atomic E-state index is 5.55. The monoisotopic (exact) mass is 247 g/mol. The molecule has 0 spiro atoms. The lowest BCUT2D eigenvalue weighted by molar-refractivity contribution is 0.0476. The second-order valence-electron chi connectivity index (χ2n) is 6.36. The molecule has 1 aromatic rings. The normalized spacial score (nSPS) is 19.7. The molecule has 0 unspecified atom stereocenters. The highest BCUT2D eigenvalue weighted by Gasteiger charge is 2.34. The lowest BCUT2D eigenvalue weighted by Crippen LogP contribution is -2.48. The molecule has 2 heteroatoms. The lowest BCUT2D eigenvalue weighted by Gasteiger charge is -2.40. The Morgan fingerprint density at radius 3 is 2.28 bits per heavy atom. The molecule has 0 aromatic heterocycles. The van der Waals surface area contributed by atoms with E-state index in [0.717, 1.165) is 32.6 Å². The first-order valence-electron chi connectivity index (χ1n) is 6.90. The Morgan fingerprint density at radius 2 is 1.72 bits per heavy atom. The minimum Gasteiger partial charge on any atom is -0.381 e. The molecule has 0 atom stereocenters. The molecule has 1 N–H and O–H groups in total. The Balaban J connectivity index is 2.18. The summed E-state index contributed by atoms with van der Waals surface area (Å²) in [6.45, 7) is 9.46. The van der Waals surface area contributed by atoms with Crippen LogP contribution in [0.15, 0.2) is 30.3 Å². The summed E-state index contributed by atoms with van der Waals surface area (Å²) < 4.78 is 5.55. The maximum absolute atomic E-state index is 5.55. The van der Waals surface area contributed by atoms with E-state index in [1.54, 1.807) is 0 Å². The predicted octanol–water partition coefficient (Wildman–Crippen LogP) is 3.12. The van der Waals surface area contributed by atoms with E-state index in [0.29, 0.717) is 0 Å². The number of hydrogen-bond acceptors (Lipinski definition) is 2. The van der Waals surface area contributed by atoms with Crippen LogP contribution in [0.1, 0.15) is 39.2 Å². The van der Waals surface area contributed by atoms with Crippen molar-refractivity contribution >= 4 is 0 Å². The molecule has 1 saturated heterocycles. The molecule has 0 bridgehead atoms. The minimum atomic E-state index is 0.167. The van der Waals surface area contributed by atoms with Crippen LogP contribution in [0.25, 0.3) is 0 Å². The van der Waals surface area contributed by atoms with Gasteiger partial charge >= 0.3 is 0 Å². The molecule has 18 heavy (non-hydrogen) atoms. The van der Waals surface area contributed by atoms with Gasteiger partial charge in [0.15, 0.2) is 0 Å². The fourth-order valence-electron chi connectivity index (χ4n) is 2.56. The largest absolute Gasteiger partial charge is 0.381 e. The highest BCUT2D eigenvalue weighted by molar-refractivity contribution is 5.26. The molecule has 2 rings (SSSR count). The lowest BCUT2D eigenvalue weighted by atomic mass is 9.74. The molecule has 1 heterocycles. The average molecular weight is 247 g/mol. The van der Waals surface area contributed by atoms with Gasteiger partial charge in [-0.05, 0) is 39.2 Å². The molecule has 0 amide bonds. The summed E-state index contributed by atoms with van der Waals surface area (Å²) in [6, 6.07) is 10.9. The molecule has 1 aliphatic heterocycles. The summed E-state index contributed by atoms with van der Waals surface area (Å²) in [4.78, 5) is 0. The molecule has 1 fully saturated rings. The quantitative estimate of drug-likeness (QED) is 0.886. The van der Waals surface area contributed by atoms with Crippen molar-refractivity contribution in [1.82, 2.24) is 5.32 Å². The molecular weight excluding hydrogens is 222 g/mol. The van der Waals surface area contributed by atoms with Crippen molar-refractivity contribution in [2.24, 2.45) is 0 Å². The summed E-state index contributed by atoms with van der Waals surface area (Å²) in [7, 11) is 0. The SMILES string of the molecule is CC(C)(C)NCC1(c2ccccc2)CCOCC1. The fraction of sp³-hybridized carbons (Fsp3) is 0.625. The van der Waals surface area contributed by atoms with Gasteiger partial charge in [0.1, 0.15) is 0 Å². The van der Waals surface area contributed by atoms with Crippen LogP contribution in [0.2, 0.25) is 0 Å². The van der Waals surface area contributed by atoms with Crippen molar-refractivity contribution < 1.29 is 4.74 Å². The van der Waals surface area contributed by atoms with Gasteiger partial charge < -0.3 is 10.1 Å². The number of benzene rings is 1. The Kier molecular flexibility index (Phi) is 4.08. The molecule has 0 radical (unpaired) electrons. The van der Waals surface area contributed by atoms with E-state index in [4.69, 9.17) is 4.74 Å². The van der Waals surface area contributed by atoms with Gasteiger partial charge in [-0.1, -0.05) is 30.3 Å². The van der Waals surface area contributed by atoms with Gasteiger partial charge in [0, 0.05) is 30.7 Å². The van der Waals surface area contributed by atoms with Crippen LogP contribution >= 0.6 is 0 Å². The molecule has 2 nitrogen and oxygen atoms in total.